The number of aliphatic hydroxyl groups excluding tert-OH is 1. The Hall–Kier alpha value is -3.99. The third kappa shape index (κ3) is 4.99. The number of nitrogens with zero attached hydrogens (tertiary/aromatic N) is 3. The Kier molecular flexibility index (Phi) is 7.16. The van der Waals surface area contributed by atoms with Crippen LogP contribution in [0.5, 0.6) is 5.75 Å². The van der Waals surface area contributed by atoms with Crippen LogP contribution in [0.1, 0.15) is 59.6 Å². The zero-order valence-electron chi connectivity index (χ0n) is 18.8. The van der Waals surface area contributed by atoms with Gasteiger partial charge < -0.3 is 19.7 Å². The molecule has 4 rings (SSSR count). The number of carboxylic acids is 1. The lowest BCUT2D eigenvalue weighted by molar-refractivity contribution is -0.134. The average molecular weight is 486 g/mol. The summed E-state index contributed by atoms with van der Waals surface area (Å²) in [7, 11) is 0. The number of hydrogen-bond donors (Lipinski definition) is 3. The van der Waals surface area contributed by atoms with E-state index in [1.165, 1.54) is 34.4 Å². The van der Waals surface area contributed by atoms with E-state index in [0.717, 1.165) is 11.9 Å². The Morgan fingerprint density at radius 2 is 1.71 bits per heavy atom. The van der Waals surface area contributed by atoms with Crippen LogP contribution in [0.15, 0.2) is 52.1 Å². The van der Waals surface area contributed by atoms with Crippen molar-refractivity contribution in [3.05, 3.63) is 69.8 Å². The van der Waals surface area contributed by atoms with E-state index in [1.54, 1.807) is 25.1 Å². The number of phenols is 1. The van der Waals surface area contributed by atoms with Crippen LogP contribution >= 0.6 is 11.3 Å². The van der Waals surface area contributed by atoms with Crippen molar-refractivity contribution in [3.8, 4) is 5.75 Å². The molecule has 11 heteroatoms. The molecular weight excluding hydrogens is 462 g/mol. The topological polar surface area (TPSA) is 154 Å². The van der Waals surface area contributed by atoms with Crippen molar-refractivity contribution in [2.45, 2.75) is 39.7 Å². The average Bonchev–Trinajstić information content (AvgIpc) is 3.47. The second kappa shape index (κ2) is 9.87. The van der Waals surface area contributed by atoms with Crippen LogP contribution in [0.25, 0.3) is 0 Å². The van der Waals surface area contributed by atoms with Crippen molar-refractivity contribution in [3.63, 3.8) is 0 Å². The minimum atomic E-state index is -0.941. The molecule has 0 spiro atoms. The van der Waals surface area contributed by atoms with Gasteiger partial charge in [-0.05, 0) is 36.8 Å². The number of carbonyl (C=O) groups excluding carboxylic acids is 2. The summed E-state index contributed by atoms with van der Waals surface area (Å²) < 4.78 is 5.43. The monoisotopic (exact) mass is 485 g/mol. The number of ketones is 1. The number of carbonyl (C=O) groups is 3. The van der Waals surface area contributed by atoms with Gasteiger partial charge in [0.1, 0.15) is 16.5 Å². The van der Waals surface area contributed by atoms with E-state index in [4.69, 9.17) is 14.3 Å². The fraction of sp³-hybridized carbons (Fsp3) is 0.261. The van der Waals surface area contributed by atoms with Gasteiger partial charge in [0.15, 0.2) is 11.5 Å². The molecule has 1 aromatic carbocycles. The summed E-state index contributed by atoms with van der Waals surface area (Å²) in [5, 5.41) is 37.0. The van der Waals surface area contributed by atoms with Gasteiger partial charge in [0, 0.05) is 12.8 Å². The van der Waals surface area contributed by atoms with E-state index in [1.807, 2.05) is 13.8 Å². The predicted octanol–water partition coefficient (Wildman–Crippen LogP) is 4.14. The Morgan fingerprint density at radius 1 is 1.09 bits per heavy atom. The van der Waals surface area contributed by atoms with Gasteiger partial charge in [-0.2, -0.15) is 0 Å². The number of hydrogen-bond acceptors (Lipinski definition) is 9. The van der Waals surface area contributed by atoms with Crippen molar-refractivity contribution >= 4 is 34.1 Å². The number of furan rings is 1. The normalized spacial score (nSPS) is 15.5. The van der Waals surface area contributed by atoms with Crippen LogP contribution < -0.4 is 4.90 Å². The number of anilines is 1. The van der Waals surface area contributed by atoms with Crippen molar-refractivity contribution in [2.75, 3.05) is 4.90 Å². The number of aliphatic hydroxyl groups is 1. The number of aromatic hydroxyl groups is 1. The quantitative estimate of drug-likeness (QED) is 0.452. The SMILES string of the molecule is CC(=O)O.Cc1ccc(C(=O)C2=C(O)C(=O)N(c3nnc(C(C)C)s3)C2c2ccc(O)cc2)o1. The first-order valence-corrected chi connectivity index (χ1v) is 11.0. The lowest BCUT2D eigenvalue weighted by atomic mass is 9.95. The highest BCUT2D eigenvalue weighted by molar-refractivity contribution is 7.15. The summed E-state index contributed by atoms with van der Waals surface area (Å²) >= 11 is 1.22. The highest BCUT2D eigenvalue weighted by Crippen LogP contribution is 2.43. The number of aliphatic carboxylic acids is 1. The summed E-state index contributed by atoms with van der Waals surface area (Å²) in [6.07, 6.45) is 0. The summed E-state index contributed by atoms with van der Waals surface area (Å²) in [6.45, 7) is 6.69. The number of aromatic nitrogens is 2. The van der Waals surface area contributed by atoms with Crippen molar-refractivity contribution in [1.82, 2.24) is 10.2 Å². The molecule has 0 radical (unpaired) electrons. The molecule has 3 heterocycles. The van der Waals surface area contributed by atoms with E-state index in [9.17, 15) is 19.8 Å². The fourth-order valence-electron chi connectivity index (χ4n) is 3.25. The minimum Gasteiger partial charge on any atom is -0.508 e. The highest BCUT2D eigenvalue weighted by atomic mass is 32.1. The van der Waals surface area contributed by atoms with E-state index in [2.05, 4.69) is 10.2 Å². The molecule has 34 heavy (non-hydrogen) atoms. The molecule has 0 saturated heterocycles. The predicted molar refractivity (Wildman–Crippen MR) is 123 cm³/mol. The van der Waals surface area contributed by atoms with Crippen LogP contribution in [0, 0.1) is 6.92 Å². The van der Waals surface area contributed by atoms with Gasteiger partial charge in [-0.1, -0.05) is 37.3 Å². The molecule has 3 aromatic rings. The maximum absolute atomic E-state index is 13.2. The van der Waals surface area contributed by atoms with Gasteiger partial charge in [-0.15, -0.1) is 10.2 Å². The molecule has 1 unspecified atom stereocenters. The zero-order chi connectivity index (χ0) is 25.2. The molecule has 0 aliphatic carbocycles. The number of amides is 1. The first-order chi connectivity index (χ1) is 16.0. The number of Topliss-reactive ketones (excluding diaryl/α,β-unsaturated/α-hetero) is 1. The molecule has 1 atom stereocenters. The third-order valence-electron chi connectivity index (χ3n) is 4.76. The van der Waals surface area contributed by atoms with Gasteiger partial charge in [0.2, 0.25) is 10.9 Å². The number of aryl methyl sites for hydroxylation is 1. The first-order valence-electron chi connectivity index (χ1n) is 10.2. The molecule has 1 amide bonds. The number of rotatable bonds is 5. The lowest BCUT2D eigenvalue weighted by Crippen LogP contribution is -2.31. The van der Waals surface area contributed by atoms with E-state index in [0.29, 0.717) is 11.3 Å². The maximum Gasteiger partial charge on any atom is 0.300 e. The fourth-order valence-corrected chi connectivity index (χ4v) is 4.13. The second-order valence-electron chi connectivity index (χ2n) is 7.77. The van der Waals surface area contributed by atoms with Crippen LogP contribution in [-0.2, 0) is 9.59 Å². The molecule has 0 saturated carbocycles. The third-order valence-corrected chi connectivity index (χ3v) is 5.98. The molecule has 178 valence electrons. The van der Waals surface area contributed by atoms with E-state index >= 15 is 0 Å². The van der Waals surface area contributed by atoms with Crippen LogP contribution in [0.4, 0.5) is 5.13 Å². The maximum atomic E-state index is 13.2. The molecule has 1 aliphatic heterocycles. The smallest absolute Gasteiger partial charge is 0.300 e. The Labute approximate surface area is 198 Å². The first kappa shape index (κ1) is 24.6. The number of carboxylic acid groups (broad SMARTS) is 1. The minimum absolute atomic E-state index is 0.0209. The molecule has 10 nitrogen and oxygen atoms in total. The van der Waals surface area contributed by atoms with Gasteiger partial charge in [-0.25, -0.2) is 0 Å². The lowest BCUT2D eigenvalue weighted by Gasteiger charge is -2.23. The Morgan fingerprint density at radius 3 is 2.21 bits per heavy atom. The van der Waals surface area contributed by atoms with Crippen molar-refractivity contribution in [2.24, 2.45) is 0 Å². The summed E-state index contributed by atoms with van der Waals surface area (Å²) in [5.74, 6) is -2.13. The Balaban J connectivity index is 0.000000751. The van der Waals surface area contributed by atoms with Crippen molar-refractivity contribution in [1.29, 1.82) is 0 Å². The summed E-state index contributed by atoms with van der Waals surface area (Å²) in [5.41, 5.74) is 0.416. The molecule has 0 bridgehead atoms. The van der Waals surface area contributed by atoms with Gasteiger partial charge >= 0.3 is 0 Å². The zero-order valence-corrected chi connectivity index (χ0v) is 19.7. The van der Waals surface area contributed by atoms with E-state index in [-0.39, 0.29) is 28.1 Å². The molecule has 1 aliphatic rings. The standard InChI is InChI=1S/C21H19N3O5S.C2H4O2/c1-10(2)19-22-23-21(30-19)24-16(12-5-7-13(25)8-6-12)15(18(27)20(24)28)17(26)14-9-4-11(3)29-14;1-2(3)4/h4-10,16,25,27H,1-3H3;1H3,(H,3,4). The van der Waals surface area contributed by atoms with Crippen molar-refractivity contribution < 1.29 is 34.1 Å². The summed E-state index contributed by atoms with van der Waals surface area (Å²) in [6, 6.07) is 8.27. The van der Waals surface area contributed by atoms with Gasteiger partial charge in [0.25, 0.3) is 11.9 Å². The molecule has 2 aromatic heterocycles. The second-order valence-corrected chi connectivity index (χ2v) is 8.76. The number of benzene rings is 1. The van der Waals surface area contributed by atoms with Crippen LogP contribution in [0.2, 0.25) is 0 Å². The number of phenolic OH excluding ortho intramolecular Hbond substituents is 1. The highest BCUT2D eigenvalue weighted by Gasteiger charge is 2.46. The van der Waals surface area contributed by atoms with Crippen LogP contribution in [-0.4, -0.2) is 43.2 Å². The molecule has 3 N–H and O–H groups in total. The van der Waals surface area contributed by atoms with Gasteiger partial charge in [0.05, 0.1) is 11.6 Å². The van der Waals surface area contributed by atoms with Crippen LogP contribution in [0.3, 0.4) is 0 Å². The van der Waals surface area contributed by atoms with E-state index < -0.39 is 29.5 Å². The molecular formula is C23H23N3O7S. The molecule has 0 fully saturated rings. The Bertz CT molecular complexity index is 1250. The van der Waals surface area contributed by atoms with Gasteiger partial charge in [-0.3, -0.25) is 19.3 Å². The largest absolute Gasteiger partial charge is 0.508 e. The summed E-state index contributed by atoms with van der Waals surface area (Å²) in [4.78, 5) is 36.5.